The minimum absolute atomic E-state index is 0.147. The van der Waals surface area contributed by atoms with Crippen molar-refractivity contribution in [2.24, 2.45) is 5.73 Å². The van der Waals surface area contributed by atoms with E-state index in [0.717, 1.165) is 29.7 Å². The van der Waals surface area contributed by atoms with Crippen molar-refractivity contribution < 1.29 is 24.2 Å². The zero-order chi connectivity index (χ0) is 28.5. The zero-order valence-corrected chi connectivity index (χ0v) is 23.1. The summed E-state index contributed by atoms with van der Waals surface area (Å²) >= 11 is 0. The summed E-state index contributed by atoms with van der Waals surface area (Å²) in [5, 5.41) is 21.3. The lowest BCUT2D eigenvalue weighted by atomic mass is 10.0. The molecule has 2 aliphatic rings. The van der Waals surface area contributed by atoms with Crippen LogP contribution in [-0.4, -0.2) is 76.8 Å². The number of nitrogens with two attached hydrogens (primary N) is 1. The molecule has 0 aromatic heterocycles. The standard InChI is InChI=1S/C30H41N5O5/c1-2-3-16-39-23-13-11-21(12-14-23)17-27(36)35-19-24(40-20-22-8-5-4-6-9-22)18-26(35)28(37)33-25-10-7-15-34(29(25)38)30(31)32/h4-6,8-9,11-14,24-26,29,38H,2-3,7,10,15-20H2,1H3,(H3,31,32)(H,33,37)/t24-,25+,26+,29?/m1/s1. The van der Waals surface area contributed by atoms with Gasteiger partial charge in [-0.2, -0.15) is 0 Å². The molecule has 2 fully saturated rings. The maximum Gasteiger partial charge on any atom is 0.243 e. The van der Waals surface area contributed by atoms with Gasteiger partial charge in [0.1, 0.15) is 18.0 Å². The van der Waals surface area contributed by atoms with E-state index in [1.54, 1.807) is 4.90 Å². The number of ether oxygens (including phenoxy) is 2. The number of aliphatic hydroxyl groups is 1. The Balaban J connectivity index is 1.43. The van der Waals surface area contributed by atoms with E-state index in [9.17, 15) is 14.7 Å². The average molecular weight is 552 g/mol. The molecule has 4 rings (SSSR count). The summed E-state index contributed by atoms with van der Waals surface area (Å²) < 4.78 is 11.9. The molecule has 0 bridgehead atoms. The third kappa shape index (κ3) is 7.73. The highest BCUT2D eigenvalue weighted by Gasteiger charge is 2.42. The summed E-state index contributed by atoms with van der Waals surface area (Å²) in [5.74, 6) is 0.0248. The van der Waals surface area contributed by atoms with Gasteiger partial charge in [-0.25, -0.2) is 0 Å². The van der Waals surface area contributed by atoms with E-state index < -0.39 is 18.3 Å². The molecular formula is C30H41N5O5. The van der Waals surface area contributed by atoms with Gasteiger partial charge in [-0.15, -0.1) is 0 Å². The first-order valence-electron chi connectivity index (χ1n) is 14.1. The molecule has 40 heavy (non-hydrogen) atoms. The Kier molecular flexibility index (Phi) is 10.4. The van der Waals surface area contributed by atoms with Crippen LogP contribution in [0.1, 0.15) is 50.2 Å². The average Bonchev–Trinajstić information content (AvgIpc) is 3.39. The van der Waals surface area contributed by atoms with Crippen molar-refractivity contribution in [1.29, 1.82) is 5.41 Å². The minimum Gasteiger partial charge on any atom is -0.494 e. The van der Waals surface area contributed by atoms with Crippen molar-refractivity contribution in [3.05, 3.63) is 65.7 Å². The van der Waals surface area contributed by atoms with E-state index in [1.807, 2.05) is 54.6 Å². The molecule has 4 atom stereocenters. The van der Waals surface area contributed by atoms with E-state index in [2.05, 4.69) is 12.2 Å². The largest absolute Gasteiger partial charge is 0.494 e. The summed E-state index contributed by atoms with van der Waals surface area (Å²) in [5.41, 5.74) is 7.46. The topological polar surface area (TPSA) is 141 Å². The number of hydrogen-bond acceptors (Lipinski definition) is 6. The number of likely N-dealkylation sites (tertiary alicyclic amines) is 2. The number of carbonyl (C=O) groups is 2. The Morgan fingerprint density at radius 3 is 2.55 bits per heavy atom. The Bertz CT molecular complexity index is 1130. The van der Waals surface area contributed by atoms with Gasteiger partial charge in [0.15, 0.2) is 5.96 Å². The maximum absolute atomic E-state index is 13.5. The number of piperidine rings is 1. The first-order valence-corrected chi connectivity index (χ1v) is 14.1. The van der Waals surface area contributed by atoms with E-state index in [0.29, 0.717) is 45.6 Å². The van der Waals surface area contributed by atoms with Crippen LogP contribution in [0.5, 0.6) is 5.75 Å². The summed E-state index contributed by atoms with van der Waals surface area (Å²) in [6, 6.07) is 15.9. The third-order valence-electron chi connectivity index (χ3n) is 7.49. The highest BCUT2D eigenvalue weighted by atomic mass is 16.5. The fourth-order valence-corrected chi connectivity index (χ4v) is 5.21. The van der Waals surface area contributed by atoms with Gasteiger partial charge < -0.3 is 35.4 Å². The number of guanidine groups is 1. The summed E-state index contributed by atoms with van der Waals surface area (Å²) in [7, 11) is 0. The van der Waals surface area contributed by atoms with Crippen molar-refractivity contribution in [3.8, 4) is 5.75 Å². The molecule has 216 valence electrons. The highest BCUT2D eigenvalue weighted by Crippen LogP contribution is 2.25. The number of amides is 2. The Morgan fingerprint density at radius 2 is 1.85 bits per heavy atom. The molecule has 2 heterocycles. The van der Waals surface area contributed by atoms with Gasteiger partial charge in [-0.3, -0.25) is 15.0 Å². The van der Waals surface area contributed by atoms with Gasteiger partial charge in [-0.1, -0.05) is 55.8 Å². The Hall–Kier alpha value is -3.63. The second kappa shape index (κ2) is 14.1. The van der Waals surface area contributed by atoms with Gasteiger partial charge in [0.2, 0.25) is 11.8 Å². The first kappa shape index (κ1) is 29.4. The van der Waals surface area contributed by atoms with E-state index in [1.165, 1.54) is 4.90 Å². The molecule has 2 saturated heterocycles. The molecule has 0 aliphatic carbocycles. The van der Waals surface area contributed by atoms with Crippen LogP contribution >= 0.6 is 0 Å². The molecule has 5 N–H and O–H groups in total. The quantitative estimate of drug-likeness (QED) is 0.191. The number of rotatable bonds is 11. The number of aliphatic hydroxyl groups excluding tert-OH is 1. The molecule has 0 saturated carbocycles. The van der Waals surface area contributed by atoms with Crippen LogP contribution in [0.4, 0.5) is 0 Å². The molecule has 0 radical (unpaired) electrons. The lowest BCUT2D eigenvalue weighted by molar-refractivity contribution is -0.139. The van der Waals surface area contributed by atoms with Crippen molar-refractivity contribution in [2.75, 3.05) is 19.7 Å². The molecule has 10 heteroatoms. The smallest absolute Gasteiger partial charge is 0.243 e. The lowest BCUT2D eigenvalue weighted by Crippen LogP contribution is -2.60. The fourth-order valence-electron chi connectivity index (χ4n) is 5.21. The van der Waals surface area contributed by atoms with Gasteiger partial charge >= 0.3 is 0 Å². The first-order chi connectivity index (χ1) is 19.4. The second-order valence-corrected chi connectivity index (χ2v) is 10.5. The minimum atomic E-state index is -1.09. The van der Waals surface area contributed by atoms with Gasteiger partial charge in [0.05, 0.1) is 31.8 Å². The van der Waals surface area contributed by atoms with E-state index >= 15 is 0 Å². The number of hydrogen-bond donors (Lipinski definition) is 4. The highest BCUT2D eigenvalue weighted by molar-refractivity contribution is 5.89. The van der Waals surface area contributed by atoms with Crippen LogP contribution < -0.4 is 15.8 Å². The third-order valence-corrected chi connectivity index (χ3v) is 7.49. The van der Waals surface area contributed by atoms with Crippen LogP contribution in [0.2, 0.25) is 0 Å². The number of nitrogens with one attached hydrogen (secondary N) is 2. The molecule has 2 aromatic rings. The summed E-state index contributed by atoms with van der Waals surface area (Å²) in [6.07, 6.45) is 2.37. The molecule has 2 aromatic carbocycles. The molecule has 0 spiro atoms. The van der Waals surface area contributed by atoms with Crippen LogP contribution in [-0.2, 0) is 27.4 Å². The van der Waals surface area contributed by atoms with Gasteiger partial charge in [0.25, 0.3) is 0 Å². The Labute approximate surface area is 235 Å². The lowest BCUT2D eigenvalue weighted by Gasteiger charge is -2.39. The molecular weight excluding hydrogens is 510 g/mol. The van der Waals surface area contributed by atoms with E-state index in [4.69, 9.17) is 20.6 Å². The van der Waals surface area contributed by atoms with Crippen molar-refractivity contribution in [2.45, 2.75) is 76.5 Å². The summed E-state index contributed by atoms with van der Waals surface area (Å²) in [6.45, 7) is 3.91. The van der Waals surface area contributed by atoms with Crippen molar-refractivity contribution in [1.82, 2.24) is 15.1 Å². The SMILES string of the molecule is CCCCOc1ccc(CC(=O)N2C[C@H](OCc3ccccc3)C[C@H]2C(=O)N[C@H]2CCCN(C(=N)N)C2O)cc1. The number of benzene rings is 2. The second-order valence-electron chi connectivity index (χ2n) is 10.5. The summed E-state index contributed by atoms with van der Waals surface area (Å²) in [4.78, 5) is 30.0. The number of carbonyl (C=O) groups excluding carboxylic acids is 2. The fraction of sp³-hybridized carbons (Fsp3) is 0.500. The van der Waals surface area contributed by atoms with Crippen molar-refractivity contribution >= 4 is 17.8 Å². The maximum atomic E-state index is 13.5. The predicted octanol–water partition coefficient (Wildman–Crippen LogP) is 2.39. The molecule has 2 amide bonds. The number of nitrogens with zero attached hydrogens (tertiary/aromatic N) is 2. The van der Waals surface area contributed by atoms with Gasteiger partial charge in [0, 0.05) is 19.5 Å². The molecule has 1 unspecified atom stereocenters. The monoisotopic (exact) mass is 551 g/mol. The zero-order valence-electron chi connectivity index (χ0n) is 23.1. The van der Waals surface area contributed by atoms with Crippen LogP contribution in [0.25, 0.3) is 0 Å². The predicted molar refractivity (Wildman–Crippen MR) is 151 cm³/mol. The molecule has 2 aliphatic heterocycles. The van der Waals surface area contributed by atoms with Gasteiger partial charge in [-0.05, 0) is 42.5 Å². The van der Waals surface area contributed by atoms with Crippen LogP contribution in [0, 0.1) is 5.41 Å². The molecule has 10 nitrogen and oxygen atoms in total. The number of unbranched alkanes of at least 4 members (excludes halogenated alkanes) is 1. The van der Waals surface area contributed by atoms with Crippen molar-refractivity contribution in [3.63, 3.8) is 0 Å². The van der Waals surface area contributed by atoms with E-state index in [-0.39, 0.29) is 30.3 Å². The van der Waals surface area contributed by atoms with Crippen LogP contribution in [0.3, 0.4) is 0 Å². The normalized spacial score (nSPS) is 22.6. The Morgan fingerprint density at radius 1 is 1.10 bits per heavy atom. The van der Waals surface area contributed by atoms with Crippen LogP contribution in [0.15, 0.2) is 54.6 Å².